The zero-order valence-electron chi connectivity index (χ0n) is 9.12. The molecule has 1 aliphatic rings. The molecule has 2 heterocycles. The number of nitrogens with zero attached hydrogens (tertiary/aromatic N) is 3. The van der Waals surface area contributed by atoms with Gasteiger partial charge < -0.3 is 5.32 Å². The molecule has 1 atom stereocenters. The second-order valence-corrected chi connectivity index (χ2v) is 4.29. The lowest BCUT2D eigenvalue weighted by Crippen LogP contribution is -2.10. The Hall–Kier alpha value is -0.900. The van der Waals surface area contributed by atoms with E-state index in [9.17, 15) is 0 Å². The van der Waals surface area contributed by atoms with Gasteiger partial charge in [-0.2, -0.15) is 0 Å². The number of rotatable bonds is 2. The molecule has 1 aromatic heterocycles. The largest absolute Gasteiger partial charge is 0.316 e. The Labute approximate surface area is 84.7 Å². The van der Waals surface area contributed by atoms with E-state index in [0.29, 0.717) is 12.0 Å². The van der Waals surface area contributed by atoms with Crippen LogP contribution in [0.5, 0.6) is 0 Å². The van der Waals surface area contributed by atoms with Gasteiger partial charge in [-0.05, 0) is 33.7 Å². The molecule has 1 unspecified atom stereocenters. The summed E-state index contributed by atoms with van der Waals surface area (Å²) in [6.45, 7) is 8.56. The van der Waals surface area contributed by atoms with Crippen molar-refractivity contribution >= 4 is 0 Å². The zero-order chi connectivity index (χ0) is 10.1. The molecule has 4 nitrogen and oxygen atoms in total. The molecule has 0 saturated carbocycles. The molecule has 0 radical (unpaired) electrons. The van der Waals surface area contributed by atoms with Crippen molar-refractivity contribution in [2.24, 2.45) is 0 Å². The van der Waals surface area contributed by atoms with Crippen molar-refractivity contribution in [3.05, 3.63) is 11.4 Å². The van der Waals surface area contributed by atoms with Gasteiger partial charge in [-0.25, -0.2) is 4.68 Å². The Morgan fingerprint density at radius 1 is 1.50 bits per heavy atom. The van der Waals surface area contributed by atoms with Gasteiger partial charge in [0, 0.05) is 18.5 Å². The van der Waals surface area contributed by atoms with Gasteiger partial charge in [-0.15, -0.1) is 5.10 Å². The zero-order valence-corrected chi connectivity index (χ0v) is 9.12. The predicted octanol–water partition coefficient (Wildman–Crippen LogP) is 1.24. The highest BCUT2D eigenvalue weighted by atomic mass is 15.4. The Bertz CT molecular complexity index is 310. The highest BCUT2D eigenvalue weighted by Crippen LogP contribution is 2.24. The summed E-state index contributed by atoms with van der Waals surface area (Å²) in [6.07, 6.45) is 1.19. The average Bonchev–Trinajstić information content (AvgIpc) is 2.71. The molecular formula is C10H18N4. The van der Waals surface area contributed by atoms with Gasteiger partial charge in [0.2, 0.25) is 0 Å². The molecule has 0 aliphatic carbocycles. The van der Waals surface area contributed by atoms with E-state index < -0.39 is 0 Å². The van der Waals surface area contributed by atoms with Gasteiger partial charge in [0.15, 0.2) is 0 Å². The minimum Gasteiger partial charge on any atom is -0.316 e. The third kappa shape index (κ3) is 1.54. The first-order valence-corrected chi connectivity index (χ1v) is 5.32. The van der Waals surface area contributed by atoms with E-state index in [4.69, 9.17) is 0 Å². The van der Waals surface area contributed by atoms with Crippen molar-refractivity contribution in [1.29, 1.82) is 0 Å². The van der Waals surface area contributed by atoms with Gasteiger partial charge in [-0.1, -0.05) is 5.21 Å². The molecule has 0 spiro atoms. The maximum Gasteiger partial charge on any atom is 0.0900 e. The van der Waals surface area contributed by atoms with E-state index in [2.05, 4.69) is 36.4 Å². The number of hydrogen-bond acceptors (Lipinski definition) is 3. The first kappa shape index (κ1) is 9.65. The quantitative estimate of drug-likeness (QED) is 0.770. The number of hydrogen-bond donors (Lipinski definition) is 1. The van der Waals surface area contributed by atoms with Crippen LogP contribution in [0.1, 0.15) is 43.6 Å². The van der Waals surface area contributed by atoms with Crippen molar-refractivity contribution in [3.8, 4) is 0 Å². The minimum atomic E-state index is 0.408. The normalized spacial score (nSPS) is 22.1. The number of nitrogens with one attached hydrogen (secondary N) is 1. The summed E-state index contributed by atoms with van der Waals surface area (Å²) in [5, 5.41) is 11.9. The standard InChI is InChI=1S/C10H18N4/c1-7(2)14-8(3)10(12-13-14)9-4-5-11-6-9/h7,9,11H,4-6H2,1-3H3. The molecule has 4 heteroatoms. The summed E-state index contributed by atoms with van der Waals surface area (Å²) in [4.78, 5) is 0. The molecule has 2 rings (SSSR count). The minimum absolute atomic E-state index is 0.408. The van der Waals surface area contributed by atoms with Crippen LogP contribution >= 0.6 is 0 Å². The van der Waals surface area contributed by atoms with Gasteiger partial charge in [0.1, 0.15) is 0 Å². The monoisotopic (exact) mass is 194 g/mol. The highest BCUT2D eigenvalue weighted by molar-refractivity contribution is 5.16. The van der Waals surface area contributed by atoms with Crippen LogP contribution in [0.4, 0.5) is 0 Å². The molecule has 0 aromatic carbocycles. The van der Waals surface area contributed by atoms with Crippen LogP contribution < -0.4 is 5.32 Å². The molecule has 1 aromatic rings. The van der Waals surface area contributed by atoms with Crippen molar-refractivity contribution in [1.82, 2.24) is 20.3 Å². The second-order valence-electron chi connectivity index (χ2n) is 4.29. The third-order valence-electron chi connectivity index (χ3n) is 2.90. The predicted molar refractivity (Wildman–Crippen MR) is 55.4 cm³/mol. The van der Waals surface area contributed by atoms with Gasteiger partial charge >= 0.3 is 0 Å². The summed E-state index contributed by atoms with van der Waals surface area (Å²) in [7, 11) is 0. The fourth-order valence-corrected chi connectivity index (χ4v) is 2.11. The van der Waals surface area contributed by atoms with E-state index >= 15 is 0 Å². The maximum absolute atomic E-state index is 4.29. The first-order valence-electron chi connectivity index (χ1n) is 5.32. The van der Waals surface area contributed by atoms with Crippen molar-refractivity contribution < 1.29 is 0 Å². The van der Waals surface area contributed by atoms with E-state index in [1.165, 1.54) is 17.8 Å². The van der Waals surface area contributed by atoms with Crippen LogP contribution in [0.3, 0.4) is 0 Å². The highest BCUT2D eigenvalue weighted by Gasteiger charge is 2.23. The second kappa shape index (κ2) is 3.69. The van der Waals surface area contributed by atoms with Crippen LogP contribution in [0.15, 0.2) is 0 Å². The summed E-state index contributed by atoms with van der Waals surface area (Å²) < 4.78 is 2.01. The SMILES string of the molecule is Cc1c(C2CCNC2)nnn1C(C)C. The topological polar surface area (TPSA) is 42.7 Å². The molecule has 1 N–H and O–H groups in total. The molecular weight excluding hydrogens is 176 g/mol. The Balaban J connectivity index is 2.26. The molecule has 1 aliphatic heterocycles. The lowest BCUT2D eigenvalue weighted by molar-refractivity contribution is 0.502. The molecule has 78 valence electrons. The van der Waals surface area contributed by atoms with Crippen molar-refractivity contribution in [2.45, 2.75) is 39.2 Å². The van der Waals surface area contributed by atoms with E-state index in [1.807, 2.05) is 4.68 Å². The van der Waals surface area contributed by atoms with Crippen LogP contribution in [0, 0.1) is 6.92 Å². The fourth-order valence-electron chi connectivity index (χ4n) is 2.11. The molecule has 0 amide bonds. The van der Waals surface area contributed by atoms with Crippen LogP contribution in [-0.4, -0.2) is 28.1 Å². The average molecular weight is 194 g/mol. The lowest BCUT2D eigenvalue weighted by atomic mass is 10.0. The van der Waals surface area contributed by atoms with E-state index in [0.717, 1.165) is 13.1 Å². The van der Waals surface area contributed by atoms with Crippen LogP contribution in [0.2, 0.25) is 0 Å². The Morgan fingerprint density at radius 2 is 2.29 bits per heavy atom. The van der Waals surface area contributed by atoms with Gasteiger partial charge in [-0.3, -0.25) is 0 Å². The summed E-state index contributed by atoms with van der Waals surface area (Å²) >= 11 is 0. The Morgan fingerprint density at radius 3 is 2.79 bits per heavy atom. The fraction of sp³-hybridized carbons (Fsp3) is 0.800. The molecule has 14 heavy (non-hydrogen) atoms. The van der Waals surface area contributed by atoms with Crippen molar-refractivity contribution in [2.75, 3.05) is 13.1 Å². The smallest absolute Gasteiger partial charge is 0.0900 e. The van der Waals surface area contributed by atoms with Crippen LogP contribution in [0.25, 0.3) is 0 Å². The summed E-state index contributed by atoms with van der Waals surface area (Å²) in [5.41, 5.74) is 2.41. The molecule has 1 saturated heterocycles. The van der Waals surface area contributed by atoms with Crippen LogP contribution in [-0.2, 0) is 0 Å². The molecule has 1 fully saturated rings. The first-order chi connectivity index (χ1) is 6.70. The summed E-state index contributed by atoms with van der Waals surface area (Å²) in [5.74, 6) is 0.572. The van der Waals surface area contributed by atoms with E-state index in [-0.39, 0.29) is 0 Å². The van der Waals surface area contributed by atoms with E-state index in [1.54, 1.807) is 0 Å². The number of aromatic nitrogens is 3. The molecule has 0 bridgehead atoms. The van der Waals surface area contributed by atoms with Gasteiger partial charge in [0.05, 0.1) is 11.4 Å². The summed E-state index contributed by atoms with van der Waals surface area (Å²) in [6, 6.07) is 0.408. The van der Waals surface area contributed by atoms with Crippen molar-refractivity contribution in [3.63, 3.8) is 0 Å². The third-order valence-corrected chi connectivity index (χ3v) is 2.90. The lowest BCUT2D eigenvalue weighted by Gasteiger charge is -2.09. The maximum atomic E-state index is 4.29. The Kier molecular flexibility index (Phi) is 2.54. The van der Waals surface area contributed by atoms with Gasteiger partial charge in [0.25, 0.3) is 0 Å².